The predicted octanol–water partition coefficient (Wildman–Crippen LogP) is 3.18. The number of carboxylic acid groups (broad SMARTS) is 1. The van der Waals surface area contributed by atoms with Gasteiger partial charge in [-0.1, -0.05) is 20.3 Å². The fourth-order valence-electron chi connectivity index (χ4n) is 1.77. The molecule has 108 valence electrons. The van der Waals surface area contributed by atoms with Crippen LogP contribution in [0.15, 0.2) is 0 Å². The molecular weight excluding hydrogens is 262 g/mol. The zero-order valence-corrected chi connectivity index (χ0v) is 12.7. The first-order valence-corrected chi connectivity index (χ1v) is 7.62. The van der Waals surface area contributed by atoms with Gasteiger partial charge in [0.05, 0.1) is 5.92 Å². The van der Waals surface area contributed by atoms with E-state index in [9.17, 15) is 4.79 Å². The highest BCUT2D eigenvalue weighted by Gasteiger charge is 2.12. The van der Waals surface area contributed by atoms with Crippen LogP contribution in [0.25, 0.3) is 0 Å². The van der Waals surface area contributed by atoms with E-state index in [1.807, 2.05) is 0 Å². The number of hydrogen-bond acceptors (Lipinski definition) is 5. The molecule has 0 radical (unpaired) electrons. The monoisotopic (exact) mass is 285 g/mol. The summed E-state index contributed by atoms with van der Waals surface area (Å²) in [6, 6.07) is 0.295. The number of rotatable bonds is 9. The molecule has 0 aliphatic rings. The second-order valence-electron chi connectivity index (χ2n) is 4.98. The van der Waals surface area contributed by atoms with Gasteiger partial charge in [-0.3, -0.25) is 4.79 Å². The fourth-order valence-corrected chi connectivity index (χ4v) is 2.50. The van der Waals surface area contributed by atoms with Crippen LogP contribution in [-0.4, -0.2) is 26.5 Å². The molecule has 0 fully saturated rings. The predicted molar refractivity (Wildman–Crippen MR) is 77.6 cm³/mol. The first-order chi connectivity index (χ1) is 9.02. The summed E-state index contributed by atoms with van der Waals surface area (Å²) in [6.45, 7) is 5.95. The average molecular weight is 285 g/mol. The smallest absolute Gasteiger partial charge is 0.306 e. The van der Waals surface area contributed by atoms with Gasteiger partial charge in [-0.2, -0.15) is 4.37 Å². The second-order valence-corrected chi connectivity index (χ2v) is 5.73. The van der Waals surface area contributed by atoms with Crippen molar-refractivity contribution in [2.75, 3.05) is 5.32 Å². The Hall–Kier alpha value is -1.17. The normalized spacial score (nSPS) is 14.1. The zero-order chi connectivity index (χ0) is 14.3. The lowest BCUT2D eigenvalue weighted by Gasteiger charge is -2.13. The molecule has 0 saturated carbocycles. The summed E-state index contributed by atoms with van der Waals surface area (Å²) in [7, 11) is 0. The molecule has 0 bridgehead atoms. The van der Waals surface area contributed by atoms with Crippen molar-refractivity contribution in [3.63, 3.8) is 0 Å². The van der Waals surface area contributed by atoms with E-state index in [4.69, 9.17) is 5.11 Å². The van der Waals surface area contributed by atoms with Crippen LogP contribution in [0, 0.1) is 5.92 Å². The summed E-state index contributed by atoms with van der Waals surface area (Å²) in [5.74, 6) is -0.0690. The molecule has 2 N–H and O–H groups in total. The van der Waals surface area contributed by atoms with Gasteiger partial charge in [0.15, 0.2) is 0 Å². The van der Waals surface area contributed by atoms with E-state index in [1.54, 1.807) is 6.92 Å². The summed E-state index contributed by atoms with van der Waals surface area (Å²) in [5.41, 5.74) is 0. The van der Waals surface area contributed by atoms with Crippen molar-refractivity contribution in [1.82, 2.24) is 9.36 Å². The van der Waals surface area contributed by atoms with Crippen molar-refractivity contribution >= 4 is 22.6 Å². The van der Waals surface area contributed by atoms with Crippen LogP contribution in [-0.2, 0) is 11.2 Å². The molecule has 1 aromatic rings. The molecule has 5 nitrogen and oxygen atoms in total. The standard InChI is InChI=1S/C13H23N3O2S/c1-4-6-11-15-13(19-16-11)14-10(3)8-5-7-9(2)12(17)18/h9-10H,4-8H2,1-3H3,(H,17,18)(H,14,15,16). The molecule has 19 heavy (non-hydrogen) atoms. The van der Waals surface area contributed by atoms with E-state index in [-0.39, 0.29) is 5.92 Å². The quantitative estimate of drug-likeness (QED) is 0.729. The minimum atomic E-state index is -0.714. The molecule has 0 amide bonds. The Labute approximate surface area is 118 Å². The van der Waals surface area contributed by atoms with E-state index >= 15 is 0 Å². The zero-order valence-electron chi connectivity index (χ0n) is 11.8. The molecule has 0 spiro atoms. The van der Waals surface area contributed by atoms with Gasteiger partial charge >= 0.3 is 5.97 Å². The molecule has 0 aliphatic heterocycles. The third-order valence-corrected chi connectivity index (χ3v) is 3.69. The van der Waals surface area contributed by atoms with Crippen LogP contribution >= 0.6 is 11.5 Å². The Morgan fingerprint density at radius 1 is 1.42 bits per heavy atom. The van der Waals surface area contributed by atoms with E-state index in [1.165, 1.54) is 11.5 Å². The van der Waals surface area contributed by atoms with Gasteiger partial charge in [0, 0.05) is 24.0 Å². The third-order valence-electron chi connectivity index (χ3n) is 3.01. The Balaban J connectivity index is 2.26. The Morgan fingerprint density at radius 2 is 2.16 bits per heavy atom. The summed E-state index contributed by atoms with van der Waals surface area (Å²) in [5, 5.41) is 13.0. The van der Waals surface area contributed by atoms with Crippen LogP contribution in [0.4, 0.5) is 5.13 Å². The lowest BCUT2D eigenvalue weighted by Crippen LogP contribution is -2.16. The number of carboxylic acids is 1. The number of hydrogen-bond donors (Lipinski definition) is 2. The number of anilines is 1. The minimum Gasteiger partial charge on any atom is -0.481 e. The number of aryl methyl sites for hydroxylation is 1. The van der Waals surface area contributed by atoms with Crippen LogP contribution in [0.5, 0.6) is 0 Å². The minimum absolute atomic E-state index is 0.259. The topological polar surface area (TPSA) is 75.1 Å². The molecule has 1 aromatic heterocycles. The molecule has 6 heteroatoms. The van der Waals surface area contributed by atoms with Crippen molar-refractivity contribution in [1.29, 1.82) is 0 Å². The van der Waals surface area contributed by atoms with Crippen molar-refractivity contribution in [3.05, 3.63) is 5.82 Å². The highest BCUT2D eigenvalue weighted by molar-refractivity contribution is 7.09. The van der Waals surface area contributed by atoms with E-state index < -0.39 is 5.97 Å². The summed E-state index contributed by atoms with van der Waals surface area (Å²) in [6.07, 6.45) is 4.54. The van der Waals surface area contributed by atoms with Gasteiger partial charge in [-0.25, -0.2) is 4.98 Å². The largest absolute Gasteiger partial charge is 0.481 e. The maximum atomic E-state index is 10.7. The van der Waals surface area contributed by atoms with Crippen LogP contribution in [0.3, 0.4) is 0 Å². The number of carbonyl (C=O) groups is 1. The Bertz CT molecular complexity index is 395. The van der Waals surface area contributed by atoms with E-state index in [0.29, 0.717) is 6.04 Å². The van der Waals surface area contributed by atoms with Gasteiger partial charge in [0.1, 0.15) is 5.82 Å². The maximum absolute atomic E-state index is 10.7. The first kappa shape index (κ1) is 15.9. The number of nitrogens with zero attached hydrogens (tertiary/aromatic N) is 2. The first-order valence-electron chi connectivity index (χ1n) is 6.84. The van der Waals surface area contributed by atoms with Gasteiger partial charge in [-0.05, 0) is 26.2 Å². The lowest BCUT2D eigenvalue weighted by atomic mass is 10.0. The highest BCUT2D eigenvalue weighted by atomic mass is 32.1. The van der Waals surface area contributed by atoms with Crippen LogP contribution in [0.2, 0.25) is 0 Å². The summed E-state index contributed by atoms with van der Waals surface area (Å²) >= 11 is 1.40. The SMILES string of the molecule is CCCc1nsc(NC(C)CCCC(C)C(=O)O)n1. The van der Waals surface area contributed by atoms with Gasteiger partial charge in [-0.15, -0.1) is 0 Å². The van der Waals surface area contributed by atoms with Crippen molar-refractivity contribution in [2.45, 2.75) is 58.9 Å². The van der Waals surface area contributed by atoms with Gasteiger partial charge in [0.25, 0.3) is 0 Å². The van der Waals surface area contributed by atoms with Crippen molar-refractivity contribution in [2.24, 2.45) is 5.92 Å². The molecular formula is C13H23N3O2S. The molecule has 0 saturated heterocycles. The van der Waals surface area contributed by atoms with Crippen molar-refractivity contribution < 1.29 is 9.90 Å². The third kappa shape index (κ3) is 6.00. The lowest BCUT2D eigenvalue weighted by molar-refractivity contribution is -0.141. The van der Waals surface area contributed by atoms with Crippen molar-refractivity contribution in [3.8, 4) is 0 Å². The number of nitrogens with one attached hydrogen (secondary N) is 1. The second kappa shape index (κ2) is 8.09. The average Bonchev–Trinajstić information content (AvgIpc) is 2.76. The highest BCUT2D eigenvalue weighted by Crippen LogP contribution is 2.16. The molecule has 1 rings (SSSR count). The molecule has 1 heterocycles. The summed E-state index contributed by atoms with van der Waals surface area (Å²) in [4.78, 5) is 15.1. The maximum Gasteiger partial charge on any atom is 0.306 e. The molecule has 0 aliphatic carbocycles. The van der Waals surface area contributed by atoms with Crippen LogP contribution < -0.4 is 5.32 Å². The Kier molecular flexibility index (Phi) is 6.77. The van der Waals surface area contributed by atoms with E-state index in [2.05, 4.69) is 28.5 Å². The molecule has 0 aromatic carbocycles. The molecule has 2 atom stereocenters. The number of aliphatic carboxylic acids is 1. The molecule has 2 unspecified atom stereocenters. The van der Waals surface area contributed by atoms with Gasteiger partial charge in [0.2, 0.25) is 5.13 Å². The van der Waals surface area contributed by atoms with Crippen LogP contribution in [0.1, 0.15) is 52.3 Å². The fraction of sp³-hybridized carbons (Fsp3) is 0.769. The summed E-state index contributed by atoms with van der Waals surface area (Å²) < 4.78 is 4.28. The Morgan fingerprint density at radius 3 is 2.79 bits per heavy atom. The van der Waals surface area contributed by atoms with Gasteiger partial charge < -0.3 is 10.4 Å². The number of aromatic nitrogens is 2. The van der Waals surface area contributed by atoms with E-state index in [0.717, 1.165) is 43.1 Å².